The molecule has 1 nitrogen and oxygen atoms in total. The molecule has 0 saturated heterocycles. The molecular formula is C40H56O. The Balaban J connectivity index is 1.87. The third-order valence-electron chi connectivity index (χ3n) is 8.38. The second-order valence-electron chi connectivity index (χ2n) is 13.5. The van der Waals surface area contributed by atoms with Gasteiger partial charge in [-0.15, -0.1) is 0 Å². The van der Waals surface area contributed by atoms with Crippen LogP contribution in [0.3, 0.4) is 0 Å². The van der Waals surface area contributed by atoms with Crippen molar-refractivity contribution in [2.75, 3.05) is 0 Å². The van der Waals surface area contributed by atoms with Gasteiger partial charge in [-0.05, 0) is 76.7 Å². The van der Waals surface area contributed by atoms with Crippen molar-refractivity contribution in [1.82, 2.24) is 0 Å². The first-order valence-corrected chi connectivity index (χ1v) is 15.4. The third kappa shape index (κ3) is 11.9. The molecule has 41 heavy (non-hydrogen) atoms. The molecule has 0 spiro atoms. The Morgan fingerprint density at radius 1 is 0.780 bits per heavy atom. The standard InChI is InChI=1S/C40H56O/c1-30(18-13-20-32(3)23-25-37-34(5)22-15-27-39(37,7)8)16-11-12-17-31(2)19-14-21-33(4)24-26-38-35(6)28-36(41)29-40(38,9)10/h11-21,23-27,35-36,38,41H,22,28-29H2,1-10H3/b12-11+,18-13+,19-14+,25-23+,26-24+,30-16+,31-17+,32-20+,33-21+/t35-,36-,38+/m1/s1. The molecule has 2 rings (SSSR count). The minimum absolute atomic E-state index is 0.105. The highest BCUT2D eigenvalue weighted by molar-refractivity contribution is 5.41. The maximum Gasteiger partial charge on any atom is 0.0548 e. The van der Waals surface area contributed by atoms with Crippen molar-refractivity contribution in [1.29, 1.82) is 0 Å². The van der Waals surface area contributed by atoms with Crippen LogP contribution in [0.2, 0.25) is 0 Å². The minimum atomic E-state index is -0.164. The normalized spacial score (nSPS) is 26.7. The van der Waals surface area contributed by atoms with E-state index in [1.807, 2.05) is 0 Å². The van der Waals surface area contributed by atoms with E-state index in [1.165, 1.54) is 33.4 Å². The molecule has 2 aliphatic rings. The molecule has 1 heteroatoms. The Hall–Kier alpha value is -2.90. The van der Waals surface area contributed by atoms with E-state index in [4.69, 9.17) is 0 Å². The van der Waals surface area contributed by atoms with Gasteiger partial charge in [0.15, 0.2) is 0 Å². The van der Waals surface area contributed by atoms with E-state index in [0.717, 1.165) is 19.3 Å². The molecule has 0 unspecified atom stereocenters. The number of allylic oxidation sites excluding steroid dienone is 22. The summed E-state index contributed by atoms with van der Waals surface area (Å²) in [5.74, 6) is 0.993. The van der Waals surface area contributed by atoms with Crippen LogP contribution < -0.4 is 0 Å². The average molecular weight is 553 g/mol. The van der Waals surface area contributed by atoms with Gasteiger partial charge in [0.1, 0.15) is 0 Å². The highest BCUT2D eigenvalue weighted by Crippen LogP contribution is 2.44. The van der Waals surface area contributed by atoms with Crippen molar-refractivity contribution in [2.24, 2.45) is 22.7 Å². The van der Waals surface area contributed by atoms with E-state index >= 15 is 0 Å². The van der Waals surface area contributed by atoms with E-state index in [-0.39, 0.29) is 16.9 Å². The molecule has 1 saturated carbocycles. The first kappa shape index (κ1) is 34.3. The van der Waals surface area contributed by atoms with Crippen molar-refractivity contribution >= 4 is 0 Å². The Bertz CT molecular complexity index is 1220. The molecule has 222 valence electrons. The second-order valence-corrected chi connectivity index (χ2v) is 13.5. The van der Waals surface area contributed by atoms with E-state index in [0.29, 0.717) is 11.8 Å². The van der Waals surface area contributed by atoms with Crippen molar-refractivity contribution in [2.45, 2.75) is 94.6 Å². The van der Waals surface area contributed by atoms with E-state index in [1.54, 1.807) is 0 Å². The molecule has 2 aliphatic carbocycles. The maximum absolute atomic E-state index is 10.1. The second kappa shape index (κ2) is 15.9. The van der Waals surface area contributed by atoms with Gasteiger partial charge in [-0.25, -0.2) is 0 Å². The number of rotatable bonds is 10. The Labute approximate surface area is 252 Å². The van der Waals surface area contributed by atoms with Crippen molar-refractivity contribution < 1.29 is 5.11 Å². The quantitative estimate of drug-likeness (QED) is 0.211. The summed E-state index contributed by atoms with van der Waals surface area (Å²) in [6, 6.07) is 0. The lowest BCUT2D eigenvalue weighted by molar-refractivity contribution is 0.00772. The summed E-state index contributed by atoms with van der Waals surface area (Å²) in [5.41, 5.74) is 8.02. The van der Waals surface area contributed by atoms with Crippen molar-refractivity contribution in [3.05, 3.63) is 131 Å². The number of hydrogen-bond acceptors (Lipinski definition) is 1. The van der Waals surface area contributed by atoms with Crippen LogP contribution in [0.4, 0.5) is 0 Å². The number of aliphatic hydroxyl groups is 1. The van der Waals surface area contributed by atoms with Crippen molar-refractivity contribution in [3.63, 3.8) is 0 Å². The van der Waals surface area contributed by atoms with E-state index in [9.17, 15) is 5.11 Å². The topological polar surface area (TPSA) is 20.2 Å². The zero-order chi connectivity index (χ0) is 30.6. The summed E-state index contributed by atoms with van der Waals surface area (Å²) in [6.45, 7) is 22.2. The van der Waals surface area contributed by atoms with Gasteiger partial charge in [-0.3, -0.25) is 0 Å². The molecule has 0 radical (unpaired) electrons. The van der Waals surface area contributed by atoms with Crippen LogP contribution in [0, 0.1) is 22.7 Å². The van der Waals surface area contributed by atoms with E-state index in [2.05, 4.69) is 166 Å². The molecule has 0 heterocycles. The Morgan fingerprint density at radius 2 is 1.29 bits per heavy atom. The Kier molecular flexibility index (Phi) is 13.3. The Morgan fingerprint density at radius 3 is 1.83 bits per heavy atom. The van der Waals surface area contributed by atoms with Gasteiger partial charge in [0.05, 0.1) is 6.10 Å². The first-order chi connectivity index (χ1) is 19.2. The smallest absolute Gasteiger partial charge is 0.0548 e. The van der Waals surface area contributed by atoms with Crippen LogP contribution in [-0.4, -0.2) is 11.2 Å². The lowest BCUT2D eigenvalue weighted by Crippen LogP contribution is -2.38. The van der Waals surface area contributed by atoms with Crippen LogP contribution >= 0.6 is 0 Å². The molecule has 0 aliphatic heterocycles. The van der Waals surface area contributed by atoms with Gasteiger partial charge < -0.3 is 5.11 Å². The molecular weight excluding hydrogens is 496 g/mol. The van der Waals surface area contributed by atoms with Crippen molar-refractivity contribution in [3.8, 4) is 0 Å². The molecule has 0 bridgehead atoms. The monoisotopic (exact) mass is 552 g/mol. The number of aliphatic hydroxyl groups excluding tert-OH is 1. The fraction of sp³-hybridized carbons (Fsp3) is 0.450. The molecule has 1 fully saturated rings. The summed E-state index contributed by atoms with van der Waals surface area (Å²) in [5, 5.41) is 10.1. The largest absolute Gasteiger partial charge is 0.393 e. The molecule has 0 amide bonds. The average Bonchev–Trinajstić information content (AvgIpc) is 2.84. The molecule has 1 N–H and O–H groups in total. The summed E-state index contributed by atoms with van der Waals surface area (Å²) in [6.07, 6.45) is 37.7. The van der Waals surface area contributed by atoms with Crippen LogP contribution in [-0.2, 0) is 0 Å². The maximum atomic E-state index is 10.1. The fourth-order valence-electron chi connectivity index (χ4n) is 6.07. The zero-order valence-corrected chi connectivity index (χ0v) is 27.5. The summed E-state index contributed by atoms with van der Waals surface area (Å²) in [7, 11) is 0. The van der Waals surface area contributed by atoms with Gasteiger partial charge in [0.2, 0.25) is 0 Å². The zero-order valence-electron chi connectivity index (χ0n) is 27.5. The third-order valence-corrected chi connectivity index (χ3v) is 8.38. The molecule has 0 aromatic carbocycles. The summed E-state index contributed by atoms with van der Waals surface area (Å²) < 4.78 is 0. The van der Waals surface area contributed by atoms with Gasteiger partial charge >= 0.3 is 0 Å². The van der Waals surface area contributed by atoms with Gasteiger partial charge in [0, 0.05) is 5.41 Å². The van der Waals surface area contributed by atoms with Gasteiger partial charge in [0.25, 0.3) is 0 Å². The molecule has 0 aromatic heterocycles. The molecule has 3 atom stereocenters. The van der Waals surface area contributed by atoms with E-state index < -0.39 is 0 Å². The van der Waals surface area contributed by atoms with Crippen LogP contribution in [0.1, 0.15) is 88.5 Å². The predicted molar refractivity (Wildman–Crippen MR) is 183 cm³/mol. The summed E-state index contributed by atoms with van der Waals surface area (Å²) >= 11 is 0. The lowest BCUT2D eigenvalue weighted by Gasteiger charge is -2.43. The number of hydrogen-bond donors (Lipinski definition) is 1. The minimum Gasteiger partial charge on any atom is -0.393 e. The van der Waals surface area contributed by atoms with Crippen LogP contribution in [0.5, 0.6) is 0 Å². The highest BCUT2D eigenvalue weighted by Gasteiger charge is 2.38. The fourth-order valence-corrected chi connectivity index (χ4v) is 6.07. The lowest BCUT2D eigenvalue weighted by atomic mass is 9.63. The van der Waals surface area contributed by atoms with Gasteiger partial charge in [-0.1, -0.05) is 160 Å². The highest BCUT2D eigenvalue weighted by atomic mass is 16.3. The SMILES string of the molecule is CC1=C(/C=C/C(C)=C/C=C/C(C)=C/C=C/C=C(C)/C=C/C=C(C)/C=C/[C@H]2[C@H](C)C[C@@H](O)CC2(C)C)C(C)(C)C=CC1. The van der Waals surface area contributed by atoms with Crippen LogP contribution in [0.25, 0.3) is 0 Å². The van der Waals surface area contributed by atoms with Crippen LogP contribution in [0.15, 0.2) is 131 Å². The first-order valence-electron chi connectivity index (χ1n) is 15.4. The predicted octanol–water partition coefficient (Wildman–Crippen LogP) is 11.3. The summed E-state index contributed by atoms with van der Waals surface area (Å²) in [4.78, 5) is 0. The molecule has 0 aromatic rings. The van der Waals surface area contributed by atoms with Gasteiger partial charge in [-0.2, -0.15) is 0 Å².